The molecule has 0 aliphatic carbocycles. The molecule has 1 heterocycles. The van der Waals surface area contributed by atoms with Crippen LogP contribution in [0.2, 0.25) is 0 Å². The molecule has 0 aliphatic rings. The van der Waals surface area contributed by atoms with Crippen molar-refractivity contribution in [1.82, 2.24) is 9.97 Å². The number of hydrogen-bond donors (Lipinski definition) is 0. The lowest BCUT2D eigenvalue weighted by Gasteiger charge is -1.98. The molecule has 4 heteroatoms. The molecule has 0 fully saturated rings. The van der Waals surface area contributed by atoms with Gasteiger partial charge < -0.3 is 4.74 Å². The van der Waals surface area contributed by atoms with Crippen LogP contribution in [0.1, 0.15) is 23.1 Å². The van der Waals surface area contributed by atoms with Crippen molar-refractivity contribution in [2.24, 2.45) is 0 Å². The third kappa shape index (κ3) is 2.02. The van der Waals surface area contributed by atoms with Crippen LogP contribution >= 0.6 is 0 Å². The molecule has 64 valence electrons. The summed E-state index contributed by atoms with van der Waals surface area (Å²) in [6, 6.07) is 0. The van der Waals surface area contributed by atoms with Gasteiger partial charge in [0.2, 0.25) is 5.82 Å². The zero-order valence-corrected chi connectivity index (χ0v) is 7.07. The first kappa shape index (κ1) is 8.64. The predicted octanol–water partition coefficient (Wildman–Crippen LogP) is 0.962. The maximum absolute atomic E-state index is 11.0. The highest BCUT2D eigenvalue weighted by molar-refractivity contribution is 5.84. The summed E-state index contributed by atoms with van der Waals surface area (Å²) in [7, 11) is 0. The lowest BCUT2D eigenvalue weighted by molar-refractivity contribution is 0.0512. The summed E-state index contributed by atoms with van der Waals surface area (Å²) in [6.07, 6.45) is 3.17. The van der Waals surface area contributed by atoms with Crippen molar-refractivity contribution in [3.8, 4) is 0 Å². The van der Waals surface area contributed by atoms with Gasteiger partial charge in [0.15, 0.2) is 0 Å². The van der Waals surface area contributed by atoms with E-state index in [9.17, 15) is 4.79 Å². The van der Waals surface area contributed by atoms with Crippen LogP contribution in [0.15, 0.2) is 12.4 Å². The van der Waals surface area contributed by atoms with E-state index in [4.69, 9.17) is 4.74 Å². The number of aromatic nitrogens is 2. The molecule has 0 amide bonds. The van der Waals surface area contributed by atoms with Crippen LogP contribution in [0.25, 0.3) is 0 Å². The molecule has 0 unspecified atom stereocenters. The van der Waals surface area contributed by atoms with E-state index in [1.54, 1.807) is 19.3 Å². The van der Waals surface area contributed by atoms with Crippen molar-refractivity contribution in [3.63, 3.8) is 0 Å². The van der Waals surface area contributed by atoms with Crippen molar-refractivity contribution in [2.45, 2.75) is 13.8 Å². The smallest absolute Gasteiger partial charge is 0.376 e. The van der Waals surface area contributed by atoms with Crippen LogP contribution in [-0.4, -0.2) is 22.5 Å². The molecule has 0 aromatic carbocycles. The number of aryl methyl sites for hydroxylation is 1. The summed E-state index contributed by atoms with van der Waals surface area (Å²) in [5.74, 6) is -0.361. The summed E-state index contributed by atoms with van der Waals surface area (Å²) >= 11 is 0. The van der Waals surface area contributed by atoms with Crippen molar-refractivity contribution in [3.05, 3.63) is 23.8 Å². The number of nitrogens with zero attached hydrogens (tertiary/aromatic N) is 2. The SMILES string of the molecule is CCOC(=O)c1ncc(C)cn1. The number of ether oxygens (including phenoxy) is 1. The molecule has 0 N–H and O–H groups in total. The minimum absolute atomic E-state index is 0.113. The van der Waals surface area contributed by atoms with Crippen LogP contribution in [0.5, 0.6) is 0 Å². The second kappa shape index (κ2) is 3.80. The Morgan fingerprint density at radius 2 is 2.08 bits per heavy atom. The van der Waals surface area contributed by atoms with E-state index < -0.39 is 5.97 Å². The highest BCUT2D eigenvalue weighted by Crippen LogP contribution is 1.95. The van der Waals surface area contributed by atoms with Gasteiger partial charge in [-0.1, -0.05) is 0 Å². The molecule has 1 aromatic heterocycles. The summed E-state index contributed by atoms with van der Waals surface area (Å²) in [6.45, 7) is 3.94. The molecule has 0 bridgehead atoms. The fourth-order valence-electron chi connectivity index (χ4n) is 0.694. The second-order valence-corrected chi connectivity index (χ2v) is 2.30. The average molecular weight is 166 g/mol. The van der Waals surface area contributed by atoms with E-state index in [2.05, 4.69) is 9.97 Å². The maximum Gasteiger partial charge on any atom is 0.376 e. The predicted molar refractivity (Wildman–Crippen MR) is 42.7 cm³/mol. The fourth-order valence-corrected chi connectivity index (χ4v) is 0.694. The Morgan fingerprint density at radius 3 is 2.58 bits per heavy atom. The molecule has 12 heavy (non-hydrogen) atoms. The molecule has 0 aliphatic heterocycles. The Morgan fingerprint density at radius 1 is 1.50 bits per heavy atom. The molecule has 0 saturated heterocycles. The monoisotopic (exact) mass is 166 g/mol. The Kier molecular flexibility index (Phi) is 2.74. The Hall–Kier alpha value is -1.45. The van der Waals surface area contributed by atoms with Crippen LogP contribution < -0.4 is 0 Å². The summed E-state index contributed by atoms with van der Waals surface area (Å²) in [4.78, 5) is 18.6. The molecular weight excluding hydrogens is 156 g/mol. The normalized spacial score (nSPS) is 9.50. The van der Waals surface area contributed by atoms with Crippen LogP contribution in [0.4, 0.5) is 0 Å². The van der Waals surface area contributed by atoms with Gasteiger partial charge in [-0.3, -0.25) is 0 Å². The first-order chi connectivity index (χ1) is 5.74. The number of esters is 1. The van der Waals surface area contributed by atoms with Gasteiger partial charge in [-0.05, 0) is 19.4 Å². The average Bonchev–Trinajstić information content (AvgIpc) is 2.06. The minimum Gasteiger partial charge on any atom is -0.460 e. The highest BCUT2D eigenvalue weighted by atomic mass is 16.5. The second-order valence-electron chi connectivity index (χ2n) is 2.30. The fraction of sp³-hybridized carbons (Fsp3) is 0.375. The van der Waals surface area contributed by atoms with Gasteiger partial charge in [-0.15, -0.1) is 0 Å². The number of hydrogen-bond acceptors (Lipinski definition) is 4. The van der Waals surface area contributed by atoms with E-state index in [0.29, 0.717) is 6.61 Å². The Balaban J connectivity index is 2.75. The molecule has 0 spiro atoms. The number of carbonyl (C=O) groups is 1. The molecule has 4 nitrogen and oxygen atoms in total. The van der Waals surface area contributed by atoms with Crippen molar-refractivity contribution in [1.29, 1.82) is 0 Å². The van der Waals surface area contributed by atoms with Crippen LogP contribution in [0.3, 0.4) is 0 Å². The van der Waals surface area contributed by atoms with Gasteiger partial charge in [-0.2, -0.15) is 0 Å². The van der Waals surface area contributed by atoms with Crippen molar-refractivity contribution in [2.75, 3.05) is 6.61 Å². The number of carbonyl (C=O) groups excluding carboxylic acids is 1. The van der Waals surface area contributed by atoms with Gasteiger partial charge in [0, 0.05) is 12.4 Å². The van der Waals surface area contributed by atoms with E-state index in [-0.39, 0.29) is 5.82 Å². The van der Waals surface area contributed by atoms with E-state index in [1.807, 2.05) is 6.92 Å². The third-order valence-corrected chi connectivity index (χ3v) is 1.24. The Labute approximate surface area is 70.6 Å². The standard InChI is InChI=1S/C8H10N2O2/c1-3-12-8(11)7-9-4-6(2)5-10-7/h4-5H,3H2,1-2H3. The van der Waals surface area contributed by atoms with Gasteiger partial charge in [0.1, 0.15) is 0 Å². The van der Waals surface area contributed by atoms with Crippen LogP contribution in [0, 0.1) is 6.92 Å². The topological polar surface area (TPSA) is 52.1 Å². The Bertz CT molecular complexity index is 269. The minimum atomic E-state index is -0.475. The third-order valence-electron chi connectivity index (χ3n) is 1.24. The largest absolute Gasteiger partial charge is 0.460 e. The van der Waals surface area contributed by atoms with Gasteiger partial charge >= 0.3 is 5.97 Å². The molecule has 0 radical (unpaired) electrons. The first-order valence-corrected chi connectivity index (χ1v) is 3.69. The molecule has 1 aromatic rings. The molecular formula is C8H10N2O2. The maximum atomic E-state index is 11.0. The van der Waals surface area contributed by atoms with Gasteiger partial charge in [-0.25, -0.2) is 14.8 Å². The molecule has 0 saturated carbocycles. The summed E-state index contributed by atoms with van der Waals surface area (Å²) in [5, 5.41) is 0. The van der Waals surface area contributed by atoms with Gasteiger partial charge in [0.05, 0.1) is 6.61 Å². The van der Waals surface area contributed by atoms with E-state index in [1.165, 1.54) is 0 Å². The van der Waals surface area contributed by atoms with E-state index >= 15 is 0 Å². The quantitative estimate of drug-likeness (QED) is 0.614. The van der Waals surface area contributed by atoms with Crippen LogP contribution in [-0.2, 0) is 4.74 Å². The summed E-state index contributed by atoms with van der Waals surface area (Å²) < 4.78 is 4.70. The lowest BCUT2D eigenvalue weighted by Crippen LogP contribution is -2.09. The van der Waals surface area contributed by atoms with E-state index in [0.717, 1.165) is 5.56 Å². The highest BCUT2D eigenvalue weighted by Gasteiger charge is 2.07. The zero-order valence-electron chi connectivity index (χ0n) is 7.07. The molecule has 0 atom stereocenters. The molecule has 1 rings (SSSR count). The first-order valence-electron chi connectivity index (χ1n) is 3.69. The lowest BCUT2D eigenvalue weighted by atomic mass is 10.4. The summed E-state index contributed by atoms with van der Waals surface area (Å²) in [5.41, 5.74) is 0.919. The van der Waals surface area contributed by atoms with Crippen molar-refractivity contribution < 1.29 is 9.53 Å². The van der Waals surface area contributed by atoms with Crippen molar-refractivity contribution >= 4 is 5.97 Å². The van der Waals surface area contributed by atoms with Gasteiger partial charge in [0.25, 0.3) is 0 Å². The number of rotatable bonds is 2. The zero-order chi connectivity index (χ0) is 8.97.